The number of hydrogen-bond acceptors (Lipinski definition) is 3. The Labute approximate surface area is 117 Å². The van der Waals surface area contributed by atoms with Crippen LogP contribution in [0.2, 0.25) is 0 Å². The van der Waals surface area contributed by atoms with E-state index in [0.29, 0.717) is 12.1 Å². The Hall–Kier alpha value is -0.120. The molecule has 5 unspecified atom stereocenters. The summed E-state index contributed by atoms with van der Waals surface area (Å²) in [6.45, 7) is 5.60. The van der Waals surface area contributed by atoms with Gasteiger partial charge in [0.05, 0.1) is 6.10 Å². The highest BCUT2D eigenvalue weighted by Gasteiger charge is 2.49. The number of rotatable bonds is 3. The average molecular weight is 266 g/mol. The smallest absolute Gasteiger partial charge is 0.0621 e. The van der Waals surface area contributed by atoms with Crippen molar-refractivity contribution in [3.8, 4) is 0 Å². The summed E-state index contributed by atoms with van der Waals surface area (Å²) in [7, 11) is 0. The van der Waals surface area contributed by atoms with Crippen molar-refractivity contribution in [1.29, 1.82) is 0 Å². The van der Waals surface area contributed by atoms with Gasteiger partial charge in [-0.05, 0) is 44.6 Å². The molecule has 1 saturated heterocycles. The van der Waals surface area contributed by atoms with Crippen LogP contribution in [0.5, 0.6) is 0 Å². The maximum Gasteiger partial charge on any atom is 0.0621 e. The minimum absolute atomic E-state index is 0.0626. The van der Waals surface area contributed by atoms with Gasteiger partial charge >= 0.3 is 0 Å². The average Bonchev–Trinajstić information content (AvgIpc) is 2.88. The van der Waals surface area contributed by atoms with Crippen LogP contribution in [-0.4, -0.2) is 35.9 Å². The van der Waals surface area contributed by atoms with Crippen molar-refractivity contribution in [2.24, 2.45) is 11.3 Å². The first kappa shape index (κ1) is 13.8. The van der Waals surface area contributed by atoms with Gasteiger partial charge in [-0.1, -0.05) is 26.7 Å². The van der Waals surface area contributed by atoms with Crippen LogP contribution in [0.4, 0.5) is 0 Å². The lowest BCUT2D eigenvalue weighted by molar-refractivity contribution is -0.0777. The molecule has 5 atom stereocenters. The van der Waals surface area contributed by atoms with Crippen molar-refractivity contribution >= 4 is 0 Å². The fraction of sp³-hybridized carbons (Fsp3) is 1.00. The lowest BCUT2D eigenvalue weighted by Gasteiger charge is -2.51. The van der Waals surface area contributed by atoms with Gasteiger partial charge in [0, 0.05) is 23.5 Å². The molecular formula is C16H30N2O. The quantitative estimate of drug-likeness (QED) is 0.732. The van der Waals surface area contributed by atoms with Crippen LogP contribution in [0.15, 0.2) is 0 Å². The standard InChI is InChI=1S/C16H30N2O/c1-16(2)14(10-15(16)19)18-13-8-5-6-11(13)12-7-3-4-9-17-12/h11-15,17-19H,3-10H2,1-2H3. The van der Waals surface area contributed by atoms with Crippen molar-refractivity contribution in [3.63, 3.8) is 0 Å². The summed E-state index contributed by atoms with van der Waals surface area (Å²) in [5.41, 5.74) is 0.0626. The predicted molar refractivity (Wildman–Crippen MR) is 78.1 cm³/mol. The molecule has 2 aliphatic carbocycles. The van der Waals surface area contributed by atoms with E-state index in [2.05, 4.69) is 24.5 Å². The molecule has 0 bridgehead atoms. The molecule has 19 heavy (non-hydrogen) atoms. The van der Waals surface area contributed by atoms with E-state index in [0.717, 1.165) is 18.4 Å². The molecule has 3 rings (SSSR count). The zero-order chi connectivity index (χ0) is 13.5. The van der Waals surface area contributed by atoms with Crippen molar-refractivity contribution in [2.75, 3.05) is 6.54 Å². The van der Waals surface area contributed by atoms with Crippen molar-refractivity contribution in [1.82, 2.24) is 10.6 Å². The summed E-state index contributed by atoms with van der Waals surface area (Å²) < 4.78 is 0. The van der Waals surface area contributed by atoms with E-state index >= 15 is 0 Å². The molecule has 0 aromatic rings. The lowest BCUT2D eigenvalue weighted by atomic mass is 9.64. The predicted octanol–water partition coefficient (Wildman–Crippen LogP) is 2.05. The number of hydrogen-bond donors (Lipinski definition) is 3. The second kappa shape index (κ2) is 5.34. The highest BCUT2D eigenvalue weighted by atomic mass is 16.3. The van der Waals surface area contributed by atoms with E-state index in [1.165, 1.54) is 45.1 Å². The third-order valence-corrected chi connectivity index (χ3v) is 6.07. The fourth-order valence-corrected chi connectivity index (χ4v) is 4.37. The van der Waals surface area contributed by atoms with Gasteiger partial charge in [0.15, 0.2) is 0 Å². The summed E-state index contributed by atoms with van der Waals surface area (Å²) in [6, 6.07) is 1.92. The summed E-state index contributed by atoms with van der Waals surface area (Å²) >= 11 is 0. The first-order valence-electron chi connectivity index (χ1n) is 8.26. The first-order valence-corrected chi connectivity index (χ1v) is 8.26. The molecule has 3 fully saturated rings. The van der Waals surface area contributed by atoms with Gasteiger partial charge in [-0.3, -0.25) is 0 Å². The van der Waals surface area contributed by atoms with Gasteiger partial charge in [0.25, 0.3) is 0 Å². The molecule has 3 aliphatic rings. The van der Waals surface area contributed by atoms with Crippen LogP contribution in [0.25, 0.3) is 0 Å². The van der Waals surface area contributed by atoms with Crippen LogP contribution in [0.1, 0.15) is 58.8 Å². The Kier molecular flexibility index (Phi) is 3.89. The maximum atomic E-state index is 9.88. The van der Waals surface area contributed by atoms with Crippen molar-refractivity contribution < 1.29 is 5.11 Å². The van der Waals surface area contributed by atoms with Gasteiger partial charge < -0.3 is 15.7 Å². The van der Waals surface area contributed by atoms with E-state index in [-0.39, 0.29) is 11.5 Å². The van der Waals surface area contributed by atoms with Crippen LogP contribution < -0.4 is 10.6 Å². The lowest BCUT2D eigenvalue weighted by Crippen LogP contribution is -2.63. The Bertz CT molecular complexity index is 312. The third-order valence-electron chi connectivity index (χ3n) is 6.07. The van der Waals surface area contributed by atoms with Gasteiger partial charge in [-0.15, -0.1) is 0 Å². The summed E-state index contributed by atoms with van der Waals surface area (Å²) in [4.78, 5) is 0. The molecule has 0 spiro atoms. The molecule has 0 aromatic carbocycles. The highest BCUT2D eigenvalue weighted by Crippen LogP contribution is 2.42. The Morgan fingerprint density at radius 3 is 2.58 bits per heavy atom. The third kappa shape index (κ3) is 2.57. The number of aliphatic hydroxyl groups is 1. The van der Waals surface area contributed by atoms with Crippen molar-refractivity contribution in [2.45, 2.75) is 83.0 Å². The van der Waals surface area contributed by atoms with Gasteiger partial charge in [-0.25, -0.2) is 0 Å². The largest absolute Gasteiger partial charge is 0.392 e. The van der Waals surface area contributed by atoms with Gasteiger partial charge in [0.1, 0.15) is 0 Å². The Morgan fingerprint density at radius 1 is 1.11 bits per heavy atom. The number of piperidine rings is 1. The van der Waals surface area contributed by atoms with Crippen LogP contribution in [0, 0.1) is 11.3 Å². The molecule has 3 nitrogen and oxygen atoms in total. The Balaban J connectivity index is 1.57. The van der Waals surface area contributed by atoms with Gasteiger partial charge in [-0.2, -0.15) is 0 Å². The van der Waals surface area contributed by atoms with E-state index in [4.69, 9.17) is 0 Å². The van der Waals surface area contributed by atoms with E-state index in [1.807, 2.05) is 0 Å². The molecule has 110 valence electrons. The zero-order valence-corrected chi connectivity index (χ0v) is 12.5. The minimum atomic E-state index is -0.113. The number of aliphatic hydroxyl groups excluding tert-OH is 1. The Morgan fingerprint density at radius 2 is 1.95 bits per heavy atom. The normalized spacial score (nSPS) is 45.9. The molecule has 0 amide bonds. The van der Waals surface area contributed by atoms with E-state index < -0.39 is 0 Å². The number of nitrogens with one attached hydrogen (secondary N) is 2. The molecule has 2 saturated carbocycles. The molecule has 1 heterocycles. The van der Waals surface area contributed by atoms with Crippen LogP contribution in [-0.2, 0) is 0 Å². The maximum absolute atomic E-state index is 9.88. The molecule has 3 heteroatoms. The minimum Gasteiger partial charge on any atom is -0.392 e. The van der Waals surface area contributed by atoms with E-state index in [9.17, 15) is 5.11 Å². The van der Waals surface area contributed by atoms with E-state index in [1.54, 1.807) is 0 Å². The van der Waals surface area contributed by atoms with Crippen LogP contribution >= 0.6 is 0 Å². The van der Waals surface area contributed by atoms with Crippen LogP contribution in [0.3, 0.4) is 0 Å². The fourth-order valence-electron chi connectivity index (χ4n) is 4.37. The summed E-state index contributed by atoms with van der Waals surface area (Å²) in [5.74, 6) is 0.814. The highest BCUT2D eigenvalue weighted by molar-refractivity contribution is 5.04. The first-order chi connectivity index (χ1) is 9.09. The summed E-state index contributed by atoms with van der Waals surface area (Å²) in [6.07, 6.45) is 9.01. The molecule has 0 radical (unpaired) electrons. The van der Waals surface area contributed by atoms with Crippen molar-refractivity contribution in [3.05, 3.63) is 0 Å². The molecule has 1 aliphatic heterocycles. The second-order valence-corrected chi connectivity index (χ2v) is 7.55. The van der Waals surface area contributed by atoms with Gasteiger partial charge in [0.2, 0.25) is 0 Å². The SMILES string of the molecule is CC1(C)C(O)CC1NC1CCCC1C1CCCCN1. The molecule has 0 aromatic heterocycles. The molecule has 3 N–H and O–H groups in total. The second-order valence-electron chi connectivity index (χ2n) is 7.55. The topological polar surface area (TPSA) is 44.3 Å². The monoisotopic (exact) mass is 266 g/mol. The molecular weight excluding hydrogens is 236 g/mol. The summed E-state index contributed by atoms with van der Waals surface area (Å²) in [5, 5.41) is 17.5. The zero-order valence-electron chi connectivity index (χ0n) is 12.5.